The molecule has 0 aliphatic rings. The number of hydrogen-bond donors (Lipinski definition) is 1. The van der Waals surface area contributed by atoms with E-state index in [-0.39, 0.29) is 11.9 Å². The number of ether oxygens (including phenoxy) is 2. The maximum atomic E-state index is 14.3. The predicted octanol–water partition coefficient (Wildman–Crippen LogP) is 3.69. The zero-order chi connectivity index (χ0) is 15.2. The fraction of sp³-hybridized carbons (Fsp3) is 0.625. The average Bonchev–Trinajstić information content (AvgIpc) is 2.48. The number of benzene rings is 1. The Morgan fingerprint density at radius 1 is 1.25 bits per heavy atom. The first-order valence-corrected chi connectivity index (χ1v) is 7.23. The first kappa shape index (κ1) is 16.9. The Bertz CT molecular complexity index is 419. The Morgan fingerprint density at radius 3 is 2.30 bits per heavy atom. The molecule has 1 rings (SSSR count). The molecule has 1 unspecified atom stereocenters. The van der Waals surface area contributed by atoms with Crippen molar-refractivity contribution in [2.75, 3.05) is 20.8 Å². The van der Waals surface area contributed by atoms with E-state index >= 15 is 0 Å². The Hall–Kier alpha value is -1.13. The third-order valence-corrected chi connectivity index (χ3v) is 3.96. The number of hydrogen-bond acceptors (Lipinski definition) is 3. The standard InChI is InChI=1S/C16H26FNO2/c1-6-16(7-2,20-8-3)15(18-4)13-10-9-12(19-5)11-14(13)17/h9-11,15,18H,6-8H2,1-5H3. The van der Waals surface area contributed by atoms with Crippen molar-refractivity contribution in [1.82, 2.24) is 5.32 Å². The zero-order valence-electron chi connectivity index (χ0n) is 13.1. The third-order valence-electron chi connectivity index (χ3n) is 3.96. The van der Waals surface area contributed by atoms with Gasteiger partial charge in [-0.15, -0.1) is 0 Å². The van der Waals surface area contributed by atoms with Gasteiger partial charge >= 0.3 is 0 Å². The van der Waals surface area contributed by atoms with Crippen LogP contribution in [0.1, 0.15) is 45.2 Å². The molecule has 114 valence electrons. The molecule has 0 aliphatic heterocycles. The van der Waals surface area contributed by atoms with Gasteiger partial charge in [0.25, 0.3) is 0 Å². The first-order valence-electron chi connectivity index (χ1n) is 7.23. The molecule has 0 bridgehead atoms. The van der Waals surface area contributed by atoms with E-state index in [9.17, 15) is 4.39 Å². The molecule has 1 aromatic rings. The highest BCUT2D eigenvalue weighted by Gasteiger charge is 2.38. The van der Waals surface area contributed by atoms with Gasteiger partial charge in [0.2, 0.25) is 0 Å². The van der Waals surface area contributed by atoms with E-state index in [2.05, 4.69) is 19.2 Å². The largest absolute Gasteiger partial charge is 0.497 e. The van der Waals surface area contributed by atoms with E-state index in [1.54, 1.807) is 12.1 Å². The van der Waals surface area contributed by atoms with Crippen molar-refractivity contribution < 1.29 is 13.9 Å². The molecule has 1 aromatic carbocycles. The highest BCUT2D eigenvalue weighted by molar-refractivity contribution is 5.32. The molecule has 0 spiro atoms. The average molecular weight is 283 g/mol. The Kier molecular flexibility index (Phi) is 6.43. The molecule has 0 radical (unpaired) electrons. The Labute approximate surface area is 121 Å². The van der Waals surface area contributed by atoms with Gasteiger partial charge in [-0.3, -0.25) is 0 Å². The van der Waals surface area contributed by atoms with Crippen LogP contribution >= 0.6 is 0 Å². The molecule has 0 amide bonds. The lowest BCUT2D eigenvalue weighted by Crippen LogP contribution is -2.44. The van der Waals surface area contributed by atoms with Gasteiger partial charge in [0.15, 0.2) is 0 Å². The monoisotopic (exact) mass is 283 g/mol. The summed E-state index contributed by atoms with van der Waals surface area (Å²) in [7, 11) is 3.38. The molecule has 4 heteroatoms. The Morgan fingerprint density at radius 2 is 1.90 bits per heavy atom. The second-order valence-electron chi connectivity index (χ2n) is 4.81. The van der Waals surface area contributed by atoms with Crippen molar-refractivity contribution in [2.24, 2.45) is 0 Å². The first-order chi connectivity index (χ1) is 9.58. The van der Waals surface area contributed by atoms with Crippen LogP contribution in [-0.4, -0.2) is 26.4 Å². The summed E-state index contributed by atoms with van der Waals surface area (Å²) in [5, 5.41) is 3.22. The maximum Gasteiger partial charge on any atom is 0.131 e. The third kappa shape index (κ3) is 3.30. The minimum atomic E-state index is -0.404. The minimum absolute atomic E-state index is 0.191. The number of nitrogens with one attached hydrogen (secondary N) is 1. The molecular weight excluding hydrogens is 257 g/mol. The highest BCUT2D eigenvalue weighted by Crippen LogP contribution is 2.37. The van der Waals surface area contributed by atoms with Crippen LogP contribution in [0.4, 0.5) is 4.39 Å². The summed E-state index contributed by atoms with van der Waals surface area (Å²) < 4.78 is 25.4. The lowest BCUT2D eigenvalue weighted by molar-refractivity contribution is -0.0724. The van der Waals surface area contributed by atoms with Crippen LogP contribution in [0, 0.1) is 5.82 Å². The van der Waals surface area contributed by atoms with Gasteiger partial charge in [0.05, 0.1) is 18.8 Å². The SMILES string of the molecule is CCOC(CC)(CC)C(NC)c1ccc(OC)cc1F. The van der Waals surface area contributed by atoms with Crippen molar-refractivity contribution >= 4 is 0 Å². The molecule has 3 nitrogen and oxygen atoms in total. The van der Waals surface area contributed by atoms with E-state index in [4.69, 9.17) is 9.47 Å². The summed E-state index contributed by atoms with van der Waals surface area (Å²) in [6.45, 7) is 6.73. The smallest absolute Gasteiger partial charge is 0.131 e. The molecule has 0 saturated carbocycles. The second-order valence-corrected chi connectivity index (χ2v) is 4.81. The summed E-state index contributed by atoms with van der Waals surface area (Å²) in [5.41, 5.74) is 0.212. The van der Waals surface area contributed by atoms with E-state index in [0.717, 1.165) is 12.8 Å². The number of methoxy groups -OCH3 is 1. The lowest BCUT2D eigenvalue weighted by Gasteiger charge is -2.39. The molecule has 1 N–H and O–H groups in total. The summed E-state index contributed by atoms with van der Waals surface area (Å²) in [5.74, 6) is 0.255. The van der Waals surface area contributed by atoms with Crippen LogP contribution in [-0.2, 0) is 4.74 Å². The summed E-state index contributed by atoms with van der Waals surface area (Å²) in [6.07, 6.45) is 1.63. The topological polar surface area (TPSA) is 30.5 Å². The number of rotatable bonds is 8. The zero-order valence-corrected chi connectivity index (χ0v) is 13.1. The summed E-state index contributed by atoms with van der Waals surface area (Å²) >= 11 is 0. The van der Waals surface area contributed by atoms with Crippen molar-refractivity contribution in [3.63, 3.8) is 0 Å². The van der Waals surface area contributed by atoms with Gasteiger partial charge in [-0.25, -0.2) is 4.39 Å². The second kappa shape index (κ2) is 7.60. The van der Waals surface area contributed by atoms with E-state index in [0.29, 0.717) is 17.9 Å². The quantitative estimate of drug-likeness (QED) is 0.789. The van der Waals surface area contributed by atoms with Crippen molar-refractivity contribution in [1.29, 1.82) is 0 Å². The van der Waals surface area contributed by atoms with Gasteiger partial charge in [0, 0.05) is 18.2 Å². The molecular formula is C16H26FNO2. The number of likely N-dealkylation sites (N-methyl/N-ethyl adjacent to an activating group) is 1. The van der Waals surface area contributed by atoms with Gasteiger partial charge < -0.3 is 14.8 Å². The summed E-state index contributed by atoms with van der Waals surface area (Å²) in [4.78, 5) is 0. The predicted molar refractivity (Wildman–Crippen MR) is 79.7 cm³/mol. The van der Waals surface area contributed by atoms with Crippen LogP contribution in [0.15, 0.2) is 18.2 Å². The van der Waals surface area contributed by atoms with Gasteiger partial charge in [-0.05, 0) is 32.9 Å². The van der Waals surface area contributed by atoms with Gasteiger partial charge in [0.1, 0.15) is 11.6 Å². The molecule has 0 fully saturated rings. The highest BCUT2D eigenvalue weighted by atomic mass is 19.1. The lowest BCUT2D eigenvalue weighted by atomic mass is 9.83. The molecule has 0 aliphatic carbocycles. The van der Waals surface area contributed by atoms with E-state index in [1.165, 1.54) is 13.2 Å². The molecule has 0 aromatic heterocycles. The molecule has 20 heavy (non-hydrogen) atoms. The van der Waals surface area contributed by atoms with Crippen LogP contribution in [0.2, 0.25) is 0 Å². The molecule has 0 saturated heterocycles. The fourth-order valence-electron chi connectivity index (χ4n) is 2.80. The molecule has 0 heterocycles. The van der Waals surface area contributed by atoms with Crippen LogP contribution < -0.4 is 10.1 Å². The fourth-order valence-corrected chi connectivity index (χ4v) is 2.80. The maximum absolute atomic E-state index is 14.3. The van der Waals surface area contributed by atoms with E-state index in [1.807, 2.05) is 14.0 Å². The van der Waals surface area contributed by atoms with Crippen molar-refractivity contribution in [3.05, 3.63) is 29.6 Å². The molecule has 1 atom stereocenters. The van der Waals surface area contributed by atoms with Crippen molar-refractivity contribution in [2.45, 2.75) is 45.3 Å². The van der Waals surface area contributed by atoms with Crippen LogP contribution in [0.3, 0.4) is 0 Å². The van der Waals surface area contributed by atoms with Gasteiger partial charge in [-0.1, -0.05) is 19.9 Å². The minimum Gasteiger partial charge on any atom is -0.497 e. The number of halogens is 1. The van der Waals surface area contributed by atoms with E-state index < -0.39 is 5.60 Å². The van der Waals surface area contributed by atoms with Crippen LogP contribution in [0.5, 0.6) is 5.75 Å². The van der Waals surface area contributed by atoms with Crippen molar-refractivity contribution in [3.8, 4) is 5.75 Å². The normalized spacial score (nSPS) is 13.3. The summed E-state index contributed by atoms with van der Waals surface area (Å²) in [6, 6.07) is 4.78. The van der Waals surface area contributed by atoms with Crippen LogP contribution in [0.25, 0.3) is 0 Å². The Balaban J connectivity index is 3.22. The van der Waals surface area contributed by atoms with Gasteiger partial charge in [-0.2, -0.15) is 0 Å².